The largest absolute Gasteiger partial charge is 0.486 e. The van der Waals surface area contributed by atoms with E-state index in [1.807, 2.05) is 0 Å². The van der Waals surface area contributed by atoms with Gasteiger partial charge < -0.3 is 24.0 Å². The Hall–Kier alpha value is -3.54. The number of nitrogens with zero attached hydrogens (tertiary/aromatic N) is 3. The molecule has 0 aromatic heterocycles. The molecule has 0 atom stereocenters. The first-order valence-electron chi connectivity index (χ1n) is 11.2. The van der Waals surface area contributed by atoms with Crippen LogP contribution in [0.1, 0.15) is 6.92 Å². The number of carbonyl (C=O) groups excluding carboxylic acids is 2. The van der Waals surface area contributed by atoms with Crippen molar-refractivity contribution in [2.24, 2.45) is 0 Å². The standard InChI is InChI=1S/C23H26FN3O7S/c1-2-32-23(29)26-10-8-25(9-11-26)22(28)16-27(18-5-3-4-17(24)14-18)35(30,31)19-6-7-20-21(15-19)34-13-12-33-20/h3-7,14-15H,2,8-13,16H2,1H3. The zero-order valence-electron chi connectivity index (χ0n) is 19.2. The van der Waals surface area contributed by atoms with Crippen molar-refractivity contribution < 1.29 is 36.6 Å². The summed E-state index contributed by atoms with van der Waals surface area (Å²) in [5.74, 6) is -0.416. The minimum Gasteiger partial charge on any atom is -0.486 e. The quantitative estimate of drug-likeness (QED) is 0.590. The van der Waals surface area contributed by atoms with E-state index in [4.69, 9.17) is 14.2 Å². The van der Waals surface area contributed by atoms with Gasteiger partial charge in [0.25, 0.3) is 10.0 Å². The number of sulfonamides is 1. The molecule has 0 unspecified atom stereocenters. The molecule has 1 saturated heterocycles. The molecule has 12 heteroatoms. The molecule has 0 aliphatic carbocycles. The van der Waals surface area contributed by atoms with Gasteiger partial charge in [0.15, 0.2) is 11.5 Å². The molecule has 2 amide bonds. The van der Waals surface area contributed by atoms with Gasteiger partial charge in [-0.15, -0.1) is 0 Å². The van der Waals surface area contributed by atoms with E-state index in [1.54, 1.807) is 6.92 Å². The van der Waals surface area contributed by atoms with Crippen molar-refractivity contribution in [1.82, 2.24) is 9.80 Å². The van der Waals surface area contributed by atoms with Gasteiger partial charge in [0.2, 0.25) is 5.91 Å². The molecular formula is C23H26FN3O7S. The minimum atomic E-state index is -4.27. The van der Waals surface area contributed by atoms with E-state index in [0.717, 1.165) is 10.4 Å². The Kier molecular flexibility index (Phi) is 7.29. The van der Waals surface area contributed by atoms with Gasteiger partial charge >= 0.3 is 6.09 Å². The number of benzene rings is 2. The van der Waals surface area contributed by atoms with Gasteiger partial charge in [0.1, 0.15) is 25.6 Å². The van der Waals surface area contributed by atoms with Crippen molar-refractivity contribution in [3.8, 4) is 11.5 Å². The highest BCUT2D eigenvalue weighted by molar-refractivity contribution is 7.92. The first-order chi connectivity index (χ1) is 16.8. The highest BCUT2D eigenvalue weighted by Gasteiger charge is 2.32. The number of hydrogen-bond donors (Lipinski definition) is 0. The normalized spacial score (nSPS) is 15.5. The Morgan fingerprint density at radius 2 is 1.69 bits per heavy atom. The van der Waals surface area contributed by atoms with Crippen LogP contribution in [0.2, 0.25) is 0 Å². The smallest absolute Gasteiger partial charge is 0.409 e. The summed E-state index contributed by atoms with van der Waals surface area (Å²) in [5.41, 5.74) is 0.0124. The average Bonchev–Trinajstić information content (AvgIpc) is 2.87. The van der Waals surface area contributed by atoms with Crippen molar-refractivity contribution >= 4 is 27.7 Å². The lowest BCUT2D eigenvalue weighted by Gasteiger charge is -2.35. The third kappa shape index (κ3) is 5.42. The summed E-state index contributed by atoms with van der Waals surface area (Å²) in [5, 5.41) is 0. The van der Waals surface area contributed by atoms with Gasteiger partial charge in [-0.1, -0.05) is 6.07 Å². The molecule has 188 valence electrons. The maximum Gasteiger partial charge on any atom is 0.409 e. The summed E-state index contributed by atoms with van der Waals surface area (Å²) in [6.07, 6.45) is -0.456. The van der Waals surface area contributed by atoms with Crippen LogP contribution in [0.4, 0.5) is 14.9 Å². The van der Waals surface area contributed by atoms with Crippen LogP contribution in [-0.2, 0) is 19.6 Å². The maximum atomic E-state index is 14.0. The molecule has 4 rings (SSSR count). The fourth-order valence-electron chi connectivity index (χ4n) is 3.83. The molecule has 0 N–H and O–H groups in total. The molecule has 2 aromatic rings. The lowest BCUT2D eigenvalue weighted by Crippen LogP contribution is -2.53. The summed E-state index contributed by atoms with van der Waals surface area (Å²) >= 11 is 0. The number of ether oxygens (including phenoxy) is 3. The molecule has 0 saturated carbocycles. The lowest BCUT2D eigenvalue weighted by molar-refractivity contribution is -0.131. The number of piperazine rings is 1. The molecule has 2 aliphatic rings. The third-order valence-corrected chi connectivity index (χ3v) is 7.40. The average molecular weight is 508 g/mol. The van der Waals surface area contributed by atoms with Crippen LogP contribution in [-0.4, -0.2) is 82.8 Å². The molecule has 2 aliphatic heterocycles. The van der Waals surface area contributed by atoms with Gasteiger partial charge in [-0.2, -0.15) is 0 Å². The van der Waals surface area contributed by atoms with Crippen LogP contribution in [0, 0.1) is 5.82 Å². The molecule has 0 radical (unpaired) electrons. The number of fused-ring (bicyclic) bond motifs is 1. The Morgan fingerprint density at radius 1 is 1.00 bits per heavy atom. The summed E-state index contributed by atoms with van der Waals surface area (Å²) in [6.45, 7) is 3.02. The molecular weight excluding hydrogens is 481 g/mol. The van der Waals surface area contributed by atoms with Gasteiger partial charge in [-0.05, 0) is 37.3 Å². The van der Waals surface area contributed by atoms with Crippen LogP contribution in [0.5, 0.6) is 11.5 Å². The monoisotopic (exact) mass is 507 g/mol. The van der Waals surface area contributed by atoms with Crippen LogP contribution in [0.15, 0.2) is 47.4 Å². The summed E-state index contributed by atoms with van der Waals surface area (Å²) < 4.78 is 58.1. The fraction of sp³-hybridized carbons (Fsp3) is 0.391. The maximum absolute atomic E-state index is 14.0. The Bertz CT molecular complexity index is 1200. The van der Waals surface area contributed by atoms with Crippen LogP contribution >= 0.6 is 0 Å². The summed E-state index contributed by atoms with van der Waals surface area (Å²) in [7, 11) is -4.27. The van der Waals surface area contributed by atoms with Crippen molar-refractivity contribution in [1.29, 1.82) is 0 Å². The van der Waals surface area contributed by atoms with E-state index in [2.05, 4.69) is 0 Å². The Balaban J connectivity index is 1.57. The van der Waals surface area contributed by atoms with Crippen LogP contribution in [0.3, 0.4) is 0 Å². The highest BCUT2D eigenvalue weighted by atomic mass is 32.2. The second-order valence-corrected chi connectivity index (χ2v) is 9.73. The van der Waals surface area contributed by atoms with Gasteiger partial charge in [0.05, 0.1) is 17.2 Å². The van der Waals surface area contributed by atoms with Crippen molar-refractivity contribution in [3.05, 3.63) is 48.3 Å². The van der Waals surface area contributed by atoms with E-state index in [-0.39, 0.29) is 55.7 Å². The number of rotatable bonds is 6. The first kappa shape index (κ1) is 24.6. The molecule has 0 spiro atoms. The first-order valence-corrected chi connectivity index (χ1v) is 12.6. The Labute approximate surface area is 202 Å². The minimum absolute atomic E-state index is 0.0124. The van der Waals surface area contributed by atoms with Gasteiger partial charge in [-0.3, -0.25) is 9.10 Å². The summed E-state index contributed by atoms with van der Waals surface area (Å²) in [6, 6.07) is 9.22. The van der Waals surface area contributed by atoms with Crippen molar-refractivity contribution in [2.75, 3.05) is 56.8 Å². The second kappa shape index (κ2) is 10.4. The molecule has 1 fully saturated rings. The SMILES string of the molecule is CCOC(=O)N1CCN(C(=O)CN(c2cccc(F)c2)S(=O)(=O)c2ccc3c(c2)OCCO3)CC1. The molecule has 35 heavy (non-hydrogen) atoms. The topological polar surface area (TPSA) is 106 Å². The van der Waals surface area contributed by atoms with Crippen molar-refractivity contribution in [3.63, 3.8) is 0 Å². The zero-order valence-corrected chi connectivity index (χ0v) is 20.0. The number of carbonyl (C=O) groups is 2. The van der Waals surface area contributed by atoms with E-state index in [0.29, 0.717) is 12.4 Å². The number of hydrogen-bond acceptors (Lipinski definition) is 7. The highest BCUT2D eigenvalue weighted by Crippen LogP contribution is 2.34. The zero-order chi connectivity index (χ0) is 25.0. The Morgan fingerprint density at radius 3 is 2.37 bits per heavy atom. The van der Waals surface area contributed by atoms with E-state index < -0.39 is 34.4 Å². The lowest BCUT2D eigenvalue weighted by atomic mass is 10.3. The van der Waals surface area contributed by atoms with Crippen molar-refractivity contribution in [2.45, 2.75) is 11.8 Å². The molecule has 0 bridgehead atoms. The van der Waals surface area contributed by atoms with E-state index >= 15 is 0 Å². The third-order valence-electron chi connectivity index (χ3n) is 5.64. The molecule has 2 aromatic carbocycles. The fourth-order valence-corrected chi connectivity index (χ4v) is 5.26. The number of anilines is 1. The van der Waals surface area contributed by atoms with E-state index in [1.165, 1.54) is 46.2 Å². The predicted molar refractivity (Wildman–Crippen MR) is 124 cm³/mol. The number of halogens is 1. The van der Waals surface area contributed by atoms with E-state index in [9.17, 15) is 22.4 Å². The van der Waals surface area contributed by atoms with Crippen LogP contribution in [0.25, 0.3) is 0 Å². The van der Waals surface area contributed by atoms with Gasteiger partial charge in [0, 0.05) is 32.2 Å². The number of amides is 2. The van der Waals surface area contributed by atoms with Gasteiger partial charge in [-0.25, -0.2) is 17.6 Å². The molecule has 10 nitrogen and oxygen atoms in total. The van der Waals surface area contributed by atoms with Crippen LogP contribution < -0.4 is 13.8 Å². The second-order valence-electron chi connectivity index (χ2n) is 7.86. The summed E-state index contributed by atoms with van der Waals surface area (Å²) in [4.78, 5) is 27.9. The molecule has 2 heterocycles. The predicted octanol–water partition coefficient (Wildman–Crippen LogP) is 2.09.